The quantitative estimate of drug-likeness (QED) is 0.770. The average Bonchev–Trinajstić information content (AvgIpc) is 3.35. The Morgan fingerprint density at radius 3 is 2.43 bits per heavy atom. The van der Waals surface area contributed by atoms with Gasteiger partial charge in [-0.05, 0) is 29.9 Å². The molecular weight excluding hydrogens is 398 g/mol. The summed E-state index contributed by atoms with van der Waals surface area (Å²) >= 11 is 1.47. The Balaban J connectivity index is 1.31. The van der Waals surface area contributed by atoms with E-state index in [0.29, 0.717) is 19.6 Å². The highest BCUT2D eigenvalue weighted by Gasteiger charge is 2.29. The predicted molar refractivity (Wildman–Crippen MR) is 118 cm³/mol. The molecule has 0 aliphatic carbocycles. The number of carbonyl (C=O) groups is 2. The van der Waals surface area contributed by atoms with Crippen molar-refractivity contribution in [2.75, 3.05) is 45.9 Å². The molecule has 2 aliphatic heterocycles. The van der Waals surface area contributed by atoms with E-state index in [4.69, 9.17) is 4.74 Å². The molecule has 0 saturated carbocycles. The van der Waals surface area contributed by atoms with Crippen LogP contribution in [0.5, 0.6) is 0 Å². The van der Waals surface area contributed by atoms with Gasteiger partial charge in [-0.1, -0.05) is 36.4 Å². The molecule has 2 fully saturated rings. The van der Waals surface area contributed by atoms with Crippen molar-refractivity contribution in [1.82, 2.24) is 15.1 Å². The van der Waals surface area contributed by atoms with Crippen molar-refractivity contribution >= 4 is 23.2 Å². The van der Waals surface area contributed by atoms with E-state index >= 15 is 0 Å². The number of morpholine rings is 1. The molecule has 2 saturated heterocycles. The highest BCUT2D eigenvalue weighted by molar-refractivity contribution is 7.12. The Morgan fingerprint density at radius 2 is 1.77 bits per heavy atom. The lowest BCUT2D eigenvalue weighted by Gasteiger charge is -2.36. The number of rotatable bonds is 6. The zero-order chi connectivity index (χ0) is 20.8. The van der Waals surface area contributed by atoms with Crippen LogP contribution in [0.25, 0.3) is 0 Å². The minimum atomic E-state index is -0.0292. The number of nitrogens with one attached hydrogen (secondary N) is 1. The first kappa shape index (κ1) is 21.0. The van der Waals surface area contributed by atoms with Gasteiger partial charge in [0.25, 0.3) is 5.91 Å². The molecule has 2 aromatic rings. The van der Waals surface area contributed by atoms with Crippen LogP contribution in [0.15, 0.2) is 47.8 Å². The highest BCUT2D eigenvalue weighted by Crippen LogP contribution is 2.23. The molecule has 0 radical (unpaired) electrons. The fourth-order valence-corrected chi connectivity index (χ4v) is 4.96. The minimum absolute atomic E-state index is 0.0292. The van der Waals surface area contributed by atoms with E-state index in [1.165, 1.54) is 16.9 Å². The molecule has 1 aromatic carbocycles. The van der Waals surface area contributed by atoms with Gasteiger partial charge in [-0.3, -0.25) is 14.5 Å². The van der Waals surface area contributed by atoms with Gasteiger partial charge in [0, 0.05) is 38.6 Å². The standard InChI is InChI=1S/C23H29N3O3S/c27-22(19-8-10-26(11-9-19)23(28)21-7-4-16-30-21)24-17-20(18-5-2-1-3-6-18)25-12-14-29-15-13-25/h1-7,16,19-20H,8-15,17H2,(H,24,27). The van der Waals surface area contributed by atoms with Gasteiger partial charge in [0.05, 0.1) is 24.1 Å². The van der Waals surface area contributed by atoms with Crippen molar-refractivity contribution in [3.63, 3.8) is 0 Å². The molecular formula is C23H29N3O3S. The Hall–Kier alpha value is -2.22. The van der Waals surface area contributed by atoms with Crippen LogP contribution in [0.3, 0.4) is 0 Å². The summed E-state index contributed by atoms with van der Waals surface area (Å²) < 4.78 is 5.50. The molecule has 3 heterocycles. The SMILES string of the molecule is O=C(NCC(c1ccccc1)N1CCOCC1)C1CCN(C(=O)c2cccs2)CC1. The third-order valence-electron chi connectivity index (χ3n) is 6.03. The molecule has 160 valence electrons. The summed E-state index contributed by atoms with van der Waals surface area (Å²) in [4.78, 5) is 30.4. The van der Waals surface area contributed by atoms with E-state index in [2.05, 4.69) is 22.3 Å². The summed E-state index contributed by atoms with van der Waals surface area (Å²) in [6.07, 6.45) is 1.44. The minimum Gasteiger partial charge on any atom is -0.379 e. The second kappa shape index (κ2) is 10.2. The zero-order valence-electron chi connectivity index (χ0n) is 17.2. The second-order valence-corrected chi connectivity index (χ2v) is 8.81. The molecule has 1 aromatic heterocycles. The van der Waals surface area contributed by atoms with Gasteiger partial charge in [-0.25, -0.2) is 0 Å². The van der Waals surface area contributed by atoms with Crippen molar-refractivity contribution in [3.8, 4) is 0 Å². The smallest absolute Gasteiger partial charge is 0.263 e. The number of ether oxygens (including phenoxy) is 1. The molecule has 0 bridgehead atoms. The Bertz CT molecular complexity index is 813. The van der Waals surface area contributed by atoms with E-state index in [1.54, 1.807) is 0 Å². The molecule has 4 rings (SSSR count). The van der Waals surface area contributed by atoms with Crippen LogP contribution in [0.1, 0.15) is 34.1 Å². The first-order valence-corrected chi connectivity index (χ1v) is 11.6. The van der Waals surface area contributed by atoms with E-state index in [-0.39, 0.29) is 23.8 Å². The van der Waals surface area contributed by atoms with E-state index < -0.39 is 0 Å². The molecule has 6 nitrogen and oxygen atoms in total. The lowest BCUT2D eigenvalue weighted by atomic mass is 9.95. The first-order chi connectivity index (χ1) is 14.7. The summed E-state index contributed by atoms with van der Waals surface area (Å²) in [7, 11) is 0. The number of thiophene rings is 1. The molecule has 30 heavy (non-hydrogen) atoms. The lowest BCUT2D eigenvalue weighted by molar-refractivity contribution is -0.126. The van der Waals surface area contributed by atoms with Gasteiger partial charge in [-0.2, -0.15) is 0 Å². The maximum absolute atomic E-state index is 12.9. The van der Waals surface area contributed by atoms with E-state index in [9.17, 15) is 9.59 Å². The average molecular weight is 428 g/mol. The van der Waals surface area contributed by atoms with Crippen LogP contribution >= 0.6 is 11.3 Å². The summed E-state index contributed by atoms with van der Waals surface area (Å²) in [6.45, 7) is 5.08. The largest absolute Gasteiger partial charge is 0.379 e. The number of benzene rings is 1. The van der Waals surface area contributed by atoms with Crippen molar-refractivity contribution in [1.29, 1.82) is 0 Å². The van der Waals surface area contributed by atoms with Gasteiger partial charge in [0.2, 0.25) is 5.91 Å². The number of hydrogen-bond acceptors (Lipinski definition) is 5. The molecule has 7 heteroatoms. The van der Waals surface area contributed by atoms with Gasteiger partial charge in [-0.15, -0.1) is 11.3 Å². The molecule has 1 N–H and O–H groups in total. The maximum atomic E-state index is 12.9. The number of carbonyl (C=O) groups excluding carboxylic acids is 2. The van der Waals surface area contributed by atoms with Crippen LogP contribution in [0.4, 0.5) is 0 Å². The first-order valence-electron chi connectivity index (χ1n) is 10.7. The van der Waals surface area contributed by atoms with Crippen LogP contribution in [0, 0.1) is 5.92 Å². The predicted octanol–water partition coefficient (Wildman–Crippen LogP) is 2.79. The third-order valence-corrected chi connectivity index (χ3v) is 6.88. The Kier molecular flexibility index (Phi) is 7.15. The van der Waals surface area contributed by atoms with E-state index in [0.717, 1.165) is 44.0 Å². The van der Waals surface area contributed by atoms with Crippen LogP contribution in [-0.4, -0.2) is 67.6 Å². The van der Waals surface area contributed by atoms with Crippen molar-refractivity contribution in [2.45, 2.75) is 18.9 Å². The molecule has 2 aliphatic rings. The number of hydrogen-bond donors (Lipinski definition) is 1. The van der Waals surface area contributed by atoms with Crippen LogP contribution < -0.4 is 5.32 Å². The topological polar surface area (TPSA) is 61.9 Å². The van der Waals surface area contributed by atoms with Gasteiger partial charge >= 0.3 is 0 Å². The normalized spacial score (nSPS) is 19.4. The number of nitrogens with zero attached hydrogens (tertiary/aromatic N) is 2. The molecule has 1 atom stereocenters. The molecule has 2 amide bonds. The number of amides is 2. The van der Waals surface area contributed by atoms with Crippen LogP contribution in [0.2, 0.25) is 0 Å². The number of piperidine rings is 1. The van der Waals surface area contributed by atoms with Gasteiger partial charge < -0.3 is 15.0 Å². The Labute approximate surface area is 181 Å². The zero-order valence-corrected chi connectivity index (χ0v) is 18.0. The molecule has 0 spiro atoms. The lowest BCUT2D eigenvalue weighted by Crippen LogP contribution is -2.46. The van der Waals surface area contributed by atoms with Crippen molar-refractivity contribution < 1.29 is 14.3 Å². The van der Waals surface area contributed by atoms with Crippen LogP contribution in [-0.2, 0) is 9.53 Å². The summed E-state index contributed by atoms with van der Waals surface area (Å²) in [5, 5.41) is 5.12. The van der Waals surface area contributed by atoms with E-state index in [1.807, 2.05) is 40.6 Å². The molecule has 1 unspecified atom stereocenters. The van der Waals surface area contributed by atoms with Gasteiger partial charge in [0.15, 0.2) is 0 Å². The summed E-state index contributed by atoms with van der Waals surface area (Å²) in [5.74, 6) is 0.159. The fraction of sp³-hybridized carbons (Fsp3) is 0.478. The highest BCUT2D eigenvalue weighted by atomic mass is 32.1. The summed E-state index contributed by atoms with van der Waals surface area (Å²) in [6, 6.07) is 14.3. The second-order valence-electron chi connectivity index (χ2n) is 7.86. The fourth-order valence-electron chi connectivity index (χ4n) is 4.26. The van der Waals surface area contributed by atoms with Crippen molar-refractivity contribution in [2.24, 2.45) is 5.92 Å². The third kappa shape index (κ3) is 5.09. The Morgan fingerprint density at radius 1 is 1.03 bits per heavy atom. The number of likely N-dealkylation sites (tertiary alicyclic amines) is 1. The van der Waals surface area contributed by atoms with Gasteiger partial charge in [0.1, 0.15) is 0 Å². The summed E-state index contributed by atoms with van der Waals surface area (Å²) in [5.41, 5.74) is 1.22. The monoisotopic (exact) mass is 427 g/mol. The van der Waals surface area contributed by atoms with Crippen molar-refractivity contribution in [3.05, 3.63) is 58.3 Å². The maximum Gasteiger partial charge on any atom is 0.263 e.